The van der Waals surface area contributed by atoms with E-state index in [0.717, 1.165) is 5.56 Å². The Morgan fingerprint density at radius 1 is 1.38 bits per heavy atom. The highest BCUT2D eigenvalue weighted by Gasteiger charge is 2.14. The number of aryl methyl sites for hydroxylation is 2. The van der Waals surface area contributed by atoms with E-state index >= 15 is 0 Å². The predicted octanol–water partition coefficient (Wildman–Crippen LogP) is 1.40. The van der Waals surface area contributed by atoms with Crippen molar-refractivity contribution in [2.24, 2.45) is 0 Å². The Morgan fingerprint density at radius 2 is 2.19 bits per heavy atom. The van der Waals surface area contributed by atoms with Gasteiger partial charge in [0.15, 0.2) is 0 Å². The monoisotopic (exact) mass is 288 g/mol. The number of benzene rings is 1. The van der Waals surface area contributed by atoms with Crippen LogP contribution in [0.3, 0.4) is 0 Å². The topological polar surface area (TPSA) is 86.1 Å². The number of methoxy groups -OCH3 is 1. The molecular formula is C14H16N4O3. The first-order valence-corrected chi connectivity index (χ1v) is 6.41. The lowest BCUT2D eigenvalue weighted by Crippen LogP contribution is -2.17. The molecule has 0 aliphatic carbocycles. The van der Waals surface area contributed by atoms with Crippen molar-refractivity contribution in [2.75, 3.05) is 12.4 Å². The van der Waals surface area contributed by atoms with Crippen LogP contribution in [0.5, 0.6) is 0 Å². The van der Waals surface area contributed by atoms with Gasteiger partial charge in [0, 0.05) is 6.42 Å². The molecule has 0 bridgehead atoms. The summed E-state index contributed by atoms with van der Waals surface area (Å²) in [7, 11) is 1.31. The van der Waals surface area contributed by atoms with Crippen LogP contribution in [0.1, 0.15) is 22.3 Å². The molecule has 0 saturated carbocycles. The number of amides is 1. The number of hydrogen-bond acceptors (Lipinski definition) is 5. The fourth-order valence-electron chi connectivity index (χ4n) is 1.82. The summed E-state index contributed by atoms with van der Waals surface area (Å²) in [5.74, 6) is -0.690. The maximum absolute atomic E-state index is 11.9. The van der Waals surface area contributed by atoms with E-state index in [2.05, 4.69) is 15.4 Å². The largest absolute Gasteiger partial charge is 0.465 e. The third-order valence-corrected chi connectivity index (χ3v) is 2.89. The molecule has 21 heavy (non-hydrogen) atoms. The fraction of sp³-hybridized carbons (Fsp3) is 0.286. The maximum Gasteiger partial charge on any atom is 0.339 e. The molecule has 1 aromatic heterocycles. The normalized spacial score (nSPS) is 10.2. The zero-order chi connectivity index (χ0) is 15.2. The van der Waals surface area contributed by atoms with Gasteiger partial charge in [-0.1, -0.05) is 11.6 Å². The quantitative estimate of drug-likeness (QED) is 0.840. The highest BCUT2D eigenvalue weighted by molar-refractivity contribution is 6.01. The summed E-state index contributed by atoms with van der Waals surface area (Å²) in [5, 5.41) is 6.63. The highest BCUT2D eigenvalue weighted by Crippen LogP contribution is 2.18. The molecule has 0 unspecified atom stereocenters. The minimum Gasteiger partial charge on any atom is -0.465 e. The van der Waals surface area contributed by atoms with Crippen LogP contribution in [0.15, 0.2) is 30.9 Å². The molecule has 110 valence electrons. The van der Waals surface area contributed by atoms with Crippen molar-refractivity contribution in [1.82, 2.24) is 14.8 Å². The zero-order valence-corrected chi connectivity index (χ0v) is 11.9. The van der Waals surface area contributed by atoms with Gasteiger partial charge in [-0.2, -0.15) is 5.10 Å². The van der Waals surface area contributed by atoms with Crippen molar-refractivity contribution in [3.8, 4) is 0 Å². The van der Waals surface area contributed by atoms with Gasteiger partial charge < -0.3 is 10.1 Å². The Kier molecular flexibility index (Phi) is 4.65. The molecule has 0 aliphatic heterocycles. The number of nitrogens with one attached hydrogen (secondary N) is 1. The molecule has 1 amide bonds. The van der Waals surface area contributed by atoms with Crippen LogP contribution in [-0.2, 0) is 16.1 Å². The van der Waals surface area contributed by atoms with E-state index in [0.29, 0.717) is 17.8 Å². The molecule has 0 fully saturated rings. The van der Waals surface area contributed by atoms with E-state index in [9.17, 15) is 9.59 Å². The van der Waals surface area contributed by atoms with Gasteiger partial charge in [0.2, 0.25) is 5.91 Å². The minimum absolute atomic E-state index is 0.209. The summed E-state index contributed by atoms with van der Waals surface area (Å²) >= 11 is 0. The number of hydrogen-bond donors (Lipinski definition) is 1. The molecule has 1 N–H and O–H groups in total. The summed E-state index contributed by atoms with van der Waals surface area (Å²) in [6.07, 6.45) is 3.18. The average Bonchev–Trinajstić information content (AvgIpc) is 2.99. The Hall–Kier alpha value is -2.70. The Morgan fingerprint density at radius 3 is 2.86 bits per heavy atom. The second-order valence-electron chi connectivity index (χ2n) is 4.50. The fourth-order valence-corrected chi connectivity index (χ4v) is 1.82. The zero-order valence-electron chi connectivity index (χ0n) is 11.9. The lowest BCUT2D eigenvalue weighted by molar-refractivity contribution is -0.116. The van der Waals surface area contributed by atoms with Gasteiger partial charge >= 0.3 is 5.97 Å². The Balaban J connectivity index is 2.04. The van der Waals surface area contributed by atoms with E-state index < -0.39 is 5.97 Å². The van der Waals surface area contributed by atoms with Crippen molar-refractivity contribution >= 4 is 17.6 Å². The average molecular weight is 288 g/mol. The summed E-state index contributed by atoms with van der Waals surface area (Å²) in [6, 6.07) is 5.19. The highest BCUT2D eigenvalue weighted by atomic mass is 16.5. The molecule has 2 rings (SSSR count). The molecule has 0 saturated heterocycles. The number of aromatic nitrogens is 3. The molecule has 0 atom stereocenters. The number of ether oxygens (including phenoxy) is 1. The van der Waals surface area contributed by atoms with Crippen LogP contribution in [0.25, 0.3) is 0 Å². The van der Waals surface area contributed by atoms with E-state index in [4.69, 9.17) is 4.74 Å². The van der Waals surface area contributed by atoms with Crippen LogP contribution in [0.4, 0.5) is 5.69 Å². The summed E-state index contributed by atoms with van der Waals surface area (Å²) in [6.45, 7) is 2.29. The summed E-state index contributed by atoms with van der Waals surface area (Å²) < 4.78 is 6.29. The van der Waals surface area contributed by atoms with E-state index in [1.165, 1.54) is 13.4 Å². The SMILES string of the molecule is COC(=O)c1cc(C)ccc1NC(=O)CCn1cncn1. The third kappa shape index (κ3) is 3.88. The lowest BCUT2D eigenvalue weighted by atomic mass is 10.1. The lowest BCUT2D eigenvalue weighted by Gasteiger charge is -2.10. The van der Waals surface area contributed by atoms with Gasteiger partial charge in [-0.3, -0.25) is 9.48 Å². The minimum atomic E-state index is -0.481. The first-order chi connectivity index (χ1) is 10.1. The molecular weight excluding hydrogens is 272 g/mol. The molecule has 1 aromatic carbocycles. The van der Waals surface area contributed by atoms with Crippen molar-refractivity contribution in [3.63, 3.8) is 0 Å². The van der Waals surface area contributed by atoms with Gasteiger partial charge in [0.25, 0.3) is 0 Å². The number of esters is 1. The van der Waals surface area contributed by atoms with Gasteiger partial charge in [0.05, 0.1) is 24.9 Å². The molecule has 7 nitrogen and oxygen atoms in total. The van der Waals surface area contributed by atoms with Crippen molar-refractivity contribution in [1.29, 1.82) is 0 Å². The van der Waals surface area contributed by atoms with E-state index in [1.54, 1.807) is 23.1 Å². The molecule has 2 aromatic rings. The summed E-state index contributed by atoms with van der Waals surface area (Å²) in [5.41, 5.74) is 1.69. The Labute approximate surface area is 121 Å². The number of carbonyl (C=O) groups excluding carboxylic acids is 2. The van der Waals surface area contributed by atoms with Crippen molar-refractivity contribution < 1.29 is 14.3 Å². The number of nitrogens with zero attached hydrogens (tertiary/aromatic N) is 3. The van der Waals surface area contributed by atoms with Crippen LogP contribution >= 0.6 is 0 Å². The van der Waals surface area contributed by atoms with Crippen LogP contribution in [-0.4, -0.2) is 33.8 Å². The smallest absolute Gasteiger partial charge is 0.339 e. The van der Waals surface area contributed by atoms with E-state index in [1.807, 2.05) is 13.0 Å². The standard InChI is InChI=1S/C14H16N4O3/c1-10-3-4-12(11(7-10)14(20)21-2)17-13(19)5-6-18-9-15-8-16-18/h3-4,7-9H,5-6H2,1-2H3,(H,17,19). The van der Waals surface area contributed by atoms with Crippen LogP contribution < -0.4 is 5.32 Å². The first kappa shape index (κ1) is 14.7. The number of carbonyl (C=O) groups is 2. The molecule has 0 radical (unpaired) electrons. The molecule has 7 heteroatoms. The number of anilines is 1. The maximum atomic E-state index is 11.9. The molecule has 1 heterocycles. The van der Waals surface area contributed by atoms with Gasteiger partial charge in [-0.25, -0.2) is 9.78 Å². The van der Waals surface area contributed by atoms with Crippen LogP contribution in [0, 0.1) is 6.92 Å². The van der Waals surface area contributed by atoms with Crippen molar-refractivity contribution in [3.05, 3.63) is 42.0 Å². The first-order valence-electron chi connectivity index (χ1n) is 6.41. The van der Waals surface area contributed by atoms with Gasteiger partial charge in [-0.15, -0.1) is 0 Å². The third-order valence-electron chi connectivity index (χ3n) is 2.89. The second kappa shape index (κ2) is 6.65. The van der Waals surface area contributed by atoms with Crippen LogP contribution in [0.2, 0.25) is 0 Å². The second-order valence-corrected chi connectivity index (χ2v) is 4.50. The molecule has 0 spiro atoms. The predicted molar refractivity (Wildman–Crippen MR) is 75.8 cm³/mol. The Bertz CT molecular complexity index is 638. The van der Waals surface area contributed by atoms with Crippen molar-refractivity contribution in [2.45, 2.75) is 19.9 Å². The van der Waals surface area contributed by atoms with Gasteiger partial charge in [0.1, 0.15) is 12.7 Å². The van der Waals surface area contributed by atoms with Gasteiger partial charge in [-0.05, 0) is 19.1 Å². The summed E-state index contributed by atoms with van der Waals surface area (Å²) in [4.78, 5) is 27.4. The molecule has 0 aliphatic rings. The number of rotatable bonds is 5. The van der Waals surface area contributed by atoms with E-state index in [-0.39, 0.29) is 12.3 Å².